The largest absolute Gasteiger partial charge is 0.347 e. The number of piperidine rings is 1. The number of likely N-dealkylation sites (tertiary alicyclic amines) is 1. The van der Waals surface area contributed by atoms with Crippen LogP contribution in [-0.2, 0) is 20.9 Å². The maximum absolute atomic E-state index is 14.8. The fourth-order valence-electron chi connectivity index (χ4n) is 4.41. The summed E-state index contributed by atoms with van der Waals surface area (Å²) in [7, 11) is 3.40. The molecule has 1 aromatic heterocycles. The highest BCUT2D eigenvalue weighted by atomic mass is 32.2. The number of Topliss-reactive ketones (excluding diaryl/α,β-unsaturated/α-hetero) is 1. The number of rotatable bonds is 8. The second kappa shape index (κ2) is 10.9. The fourth-order valence-corrected chi connectivity index (χ4v) is 5.33. The van der Waals surface area contributed by atoms with Gasteiger partial charge in [0.05, 0.1) is 11.7 Å². The molecule has 0 bridgehead atoms. The molecule has 1 amide bonds. The van der Waals surface area contributed by atoms with Crippen molar-refractivity contribution in [1.29, 1.82) is 0 Å². The number of aromatic nitrogens is 2. The summed E-state index contributed by atoms with van der Waals surface area (Å²) < 4.78 is 16.4. The number of likely N-dealkylation sites (N-methyl/N-ethyl adjacent to an activating group) is 1. The SMILES string of the molecule is CC(=O)SC1CCN(C(C(=O)C2CC2)c2ccccc2F)C/C1=C/c1ccn(CC(=O)N(C)C)n1. The van der Waals surface area contributed by atoms with E-state index >= 15 is 0 Å². The third kappa shape index (κ3) is 6.27. The first-order chi connectivity index (χ1) is 16.7. The van der Waals surface area contributed by atoms with E-state index < -0.39 is 6.04 Å². The molecule has 7 nitrogen and oxygen atoms in total. The van der Waals surface area contributed by atoms with Gasteiger partial charge in [-0.25, -0.2) is 4.39 Å². The van der Waals surface area contributed by atoms with Crippen LogP contribution in [-0.4, -0.2) is 68.8 Å². The highest BCUT2D eigenvalue weighted by Gasteiger charge is 2.41. The lowest BCUT2D eigenvalue weighted by molar-refractivity contribution is -0.129. The molecule has 0 N–H and O–H groups in total. The smallest absolute Gasteiger partial charge is 0.243 e. The minimum absolute atomic E-state index is 0.0127. The van der Waals surface area contributed by atoms with E-state index in [2.05, 4.69) is 5.10 Å². The number of benzene rings is 1. The molecule has 4 rings (SSSR count). The van der Waals surface area contributed by atoms with Gasteiger partial charge in [0.2, 0.25) is 5.91 Å². The van der Waals surface area contributed by atoms with E-state index in [1.807, 2.05) is 17.0 Å². The zero-order valence-corrected chi connectivity index (χ0v) is 21.1. The molecule has 1 saturated heterocycles. The summed E-state index contributed by atoms with van der Waals surface area (Å²) >= 11 is 1.28. The third-order valence-electron chi connectivity index (χ3n) is 6.39. The van der Waals surface area contributed by atoms with Crippen LogP contribution in [0.25, 0.3) is 6.08 Å². The van der Waals surface area contributed by atoms with Gasteiger partial charge in [-0.1, -0.05) is 30.0 Å². The molecule has 0 spiro atoms. The second-order valence-corrected chi connectivity index (χ2v) is 10.8. The molecule has 9 heteroatoms. The summed E-state index contributed by atoms with van der Waals surface area (Å²) in [5.41, 5.74) is 2.05. The van der Waals surface area contributed by atoms with E-state index in [0.29, 0.717) is 30.8 Å². The molecule has 1 aliphatic heterocycles. The van der Waals surface area contributed by atoms with Crippen LogP contribution in [0, 0.1) is 11.7 Å². The Bertz CT molecular complexity index is 1140. The zero-order chi connectivity index (χ0) is 25.1. The van der Waals surface area contributed by atoms with E-state index in [-0.39, 0.29) is 40.3 Å². The maximum Gasteiger partial charge on any atom is 0.243 e. The van der Waals surface area contributed by atoms with E-state index in [4.69, 9.17) is 0 Å². The third-order valence-corrected chi connectivity index (χ3v) is 7.55. The van der Waals surface area contributed by atoms with Crippen molar-refractivity contribution >= 4 is 34.6 Å². The molecular weight excluding hydrogens is 467 g/mol. The molecule has 2 unspecified atom stereocenters. The van der Waals surface area contributed by atoms with Crippen molar-refractivity contribution in [2.45, 2.75) is 44.0 Å². The van der Waals surface area contributed by atoms with Crippen molar-refractivity contribution in [3.63, 3.8) is 0 Å². The second-order valence-electron chi connectivity index (χ2n) is 9.40. The molecule has 186 valence electrons. The Kier molecular flexibility index (Phi) is 7.86. The van der Waals surface area contributed by atoms with E-state index in [0.717, 1.165) is 18.4 Å². The van der Waals surface area contributed by atoms with Gasteiger partial charge in [-0.15, -0.1) is 0 Å². The van der Waals surface area contributed by atoms with Crippen LogP contribution >= 0.6 is 11.8 Å². The van der Waals surface area contributed by atoms with E-state index in [1.54, 1.807) is 50.1 Å². The molecule has 1 aromatic carbocycles. The Balaban J connectivity index is 1.62. The van der Waals surface area contributed by atoms with Gasteiger partial charge in [0.1, 0.15) is 12.4 Å². The molecule has 2 atom stereocenters. The Morgan fingerprint density at radius 2 is 1.94 bits per heavy atom. The first-order valence-corrected chi connectivity index (χ1v) is 12.7. The standard InChI is InChI=1S/C26H31FN4O3S/c1-17(32)35-23-11-12-30(25(26(34)18-8-9-18)21-6-4-5-7-22(21)27)15-19(23)14-20-10-13-31(28-20)16-24(33)29(2)3/h4-7,10,13-14,18,23,25H,8-9,11-12,15-16H2,1-3H3/b19-14-. The number of amides is 1. The van der Waals surface area contributed by atoms with Crippen molar-refractivity contribution in [2.24, 2.45) is 5.92 Å². The van der Waals surface area contributed by atoms with Crippen molar-refractivity contribution < 1.29 is 18.8 Å². The van der Waals surface area contributed by atoms with Crippen molar-refractivity contribution in [3.8, 4) is 0 Å². The number of ketones is 1. The Morgan fingerprint density at radius 3 is 2.60 bits per heavy atom. The van der Waals surface area contributed by atoms with Gasteiger partial charge in [0.15, 0.2) is 10.9 Å². The van der Waals surface area contributed by atoms with Gasteiger partial charge in [-0.05, 0) is 43.0 Å². The van der Waals surface area contributed by atoms with Gasteiger partial charge in [-0.2, -0.15) is 5.10 Å². The first kappa shape index (κ1) is 25.3. The molecule has 35 heavy (non-hydrogen) atoms. The van der Waals surface area contributed by atoms with Gasteiger partial charge in [0.25, 0.3) is 0 Å². The van der Waals surface area contributed by atoms with Crippen LogP contribution in [0.1, 0.15) is 43.5 Å². The lowest BCUT2D eigenvalue weighted by Crippen LogP contribution is -2.43. The Morgan fingerprint density at radius 1 is 1.20 bits per heavy atom. The van der Waals surface area contributed by atoms with Crippen molar-refractivity contribution in [3.05, 3.63) is 59.2 Å². The summed E-state index contributed by atoms with van der Waals surface area (Å²) in [6.45, 7) is 2.71. The first-order valence-electron chi connectivity index (χ1n) is 11.9. The normalized spacial score (nSPS) is 20.6. The average molecular weight is 499 g/mol. The number of hydrogen-bond donors (Lipinski definition) is 0. The highest BCUT2D eigenvalue weighted by molar-refractivity contribution is 8.14. The van der Waals surface area contributed by atoms with Crippen LogP contribution in [0.3, 0.4) is 0 Å². The molecule has 2 aliphatic rings. The summed E-state index contributed by atoms with van der Waals surface area (Å²) in [5, 5.41) is 4.49. The van der Waals surface area contributed by atoms with Gasteiger partial charge >= 0.3 is 0 Å². The van der Waals surface area contributed by atoms with Crippen LogP contribution in [0.2, 0.25) is 0 Å². The van der Waals surface area contributed by atoms with Gasteiger partial charge in [0, 0.05) is 57.0 Å². The lowest BCUT2D eigenvalue weighted by Gasteiger charge is -2.38. The number of halogens is 1. The predicted molar refractivity (Wildman–Crippen MR) is 134 cm³/mol. The van der Waals surface area contributed by atoms with E-state index in [1.165, 1.54) is 22.7 Å². The quantitative estimate of drug-likeness (QED) is 0.554. The van der Waals surface area contributed by atoms with Crippen LogP contribution in [0.15, 0.2) is 42.1 Å². The number of hydrogen-bond acceptors (Lipinski definition) is 6. The molecule has 0 radical (unpaired) electrons. The summed E-state index contributed by atoms with van der Waals surface area (Å²) in [6.07, 6.45) is 6.06. The average Bonchev–Trinajstić information content (AvgIpc) is 3.57. The zero-order valence-electron chi connectivity index (χ0n) is 20.3. The monoisotopic (exact) mass is 498 g/mol. The van der Waals surface area contributed by atoms with Crippen molar-refractivity contribution in [2.75, 3.05) is 27.2 Å². The van der Waals surface area contributed by atoms with Crippen molar-refractivity contribution in [1.82, 2.24) is 19.6 Å². The number of carbonyl (C=O) groups excluding carboxylic acids is 3. The minimum Gasteiger partial charge on any atom is -0.347 e. The van der Waals surface area contributed by atoms with E-state index in [9.17, 15) is 18.8 Å². The predicted octanol–water partition coefficient (Wildman–Crippen LogP) is 3.57. The van der Waals surface area contributed by atoms with Crippen LogP contribution < -0.4 is 0 Å². The van der Waals surface area contributed by atoms with Crippen LogP contribution in [0.4, 0.5) is 4.39 Å². The molecular formula is C26H31FN4O3S. The van der Waals surface area contributed by atoms with Crippen LogP contribution in [0.5, 0.6) is 0 Å². The lowest BCUT2D eigenvalue weighted by atomic mass is 9.93. The number of carbonyl (C=O) groups is 3. The Hall–Kier alpha value is -2.78. The van der Waals surface area contributed by atoms with Gasteiger partial charge < -0.3 is 4.90 Å². The molecule has 1 aliphatic carbocycles. The summed E-state index contributed by atoms with van der Waals surface area (Å²) in [4.78, 5) is 40.8. The summed E-state index contributed by atoms with van der Waals surface area (Å²) in [6, 6.07) is 7.68. The molecule has 2 heterocycles. The Labute approximate surface area is 209 Å². The van der Waals surface area contributed by atoms with Gasteiger partial charge in [-0.3, -0.25) is 24.0 Å². The molecule has 1 saturated carbocycles. The molecule has 2 aromatic rings. The highest BCUT2D eigenvalue weighted by Crippen LogP contribution is 2.40. The topological polar surface area (TPSA) is 75.5 Å². The number of nitrogens with zero attached hydrogens (tertiary/aromatic N) is 4. The summed E-state index contributed by atoms with van der Waals surface area (Å²) in [5.74, 6) is -0.381. The molecule has 2 fully saturated rings. The fraction of sp³-hybridized carbons (Fsp3) is 0.462. The maximum atomic E-state index is 14.8. The minimum atomic E-state index is -0.648. The number of thioether (sulfide) groups is 1.